The minimum atomic E-state index is -0.335. The van der Waals surface area contributed by atoms with Crippen LogP contribution in [0.25, 0.3) is 0 Å². The summed E-state index contributed by atoms with van der Waals surface area (Å²) >= 11 is 0. The van der Waals surface area contributed by atoms with Crippen molar-refractivity contribution in [3.63, 3.8) is 0 Å². The van der Waals surface area contributed by atoms with Gasteiger partial charge >= 0.3 is 0 Å². The first kappa shape index (κ1) is 15.3. The van der Waals surface area contributed by atoms with Crippen molar-refractivity contribution in [3.8, 4) is 0 Å². The zero-order chi connectivity index (χ0) is 14.9. The third kappa shape index (κ3) is 2.70. The third-order valence-electron chi connectivity index (χ3n) is 5.03. The van der Waals surface area contributed by atoms with E-state index < -0.39 is 0 Å². The molecule has 0 aromatic carbocycles. The van der Waals surface area contributed by atoms with Crippen LogP contribution in [0.2, 0.25) is 0 Å². The number of hydrogen-bond acceptors (Lipinski definition) is 2. The average molecular weight is 280 g/mol. The number of amides is 2. The van der Waals surface area contributed by atoms with Crippen LogP contribution < -0.4 is 5.32 Å². The monoisotopic (exact) mass is 280 g/mol. The van der Waals surface area contributed by atoms with E-state index in [4.69, 9.17) is 0 Å². The number of rotatable bonds is 3. The van der Waals surface area contributed by atoms with E-state index in [-0.39, 0.29) is 35.4 Å². The Morgan fingerprint density at radius 2 is 2.00 bits per heavy atom. The SMILES string of the molecule is CCCC1NC(=O)C(C)N(C2CCCCC2(C)C)C1=O. The molecule has 4 heteroatoms. The van der Waals surface area contributed by atoms with Crippen LogP contribution in [0, 0.1) is 5.41 Å². The summed E-state index contributed by atoms with van der Waals surface area (Å²) in [5, 5.41) is 2.88. The highest BCUT2D eigenvalue weighted by atomic mass is 16.2. The van der Waals surface area contributed by atoms with E-state index in [0.717, 1.165) is 32.1 Å². The molecule has 1 aliphatic carbocycles. The Bertz CT molecular complexity index is 392. The van der Waals surface area contributed by atoms with Gasteiger partial charge in [-0.25, -0.2) is 0 Å². The first-order valence-corrected chi connectivity index (χ1v) is 8.01. The van der Waals surface area contributed by atoms with Gasteiger partial charge in [0.2, 0.25) is 11.8 Å². The quantitative estimate of drug-likeness (QED) is 0.863. The molecule has 1 saturated carbocycles. The Morgan fingerprint density at radius 3 is 2.60 bits per heavy atom. The third-order valence-corrected chi connectivity index (χ3v) is 5.03. The van der Waals surface area contributed by atoms with Crippen LogP contribution in [0.15, 0.2) is 0 Å². The topological polar surface area (TPSA) is 49.4 Å². The minimum absolute atomic E-state index is 0.00410. The molecule has 2 rings (SSSR count). The lowest BCUT2D eigenvalue weighted by atomic mass is 9.71. The van der Waals surface area contributed by atoms with Gasteiger partial charge in [-0.2, -0.15) is 0 Å². The summed E-state index contributed by atoms with van der Waals surface area (Å²) in [7, 11) is 0. The predicted molar refractivity (Wildman–Crippen MR) is 79.2 cm³/mol. The second-order valence-electron chi connectivity index (χ2n) is 7.02. The van der Waals surface area contributed by atoms with Gasteiger partial charge in [-0.1, -0.05) is 40.0 Å². The number of piperazine rings is 1. The van der Waals surface area contributed by atoms with Crippen LogP contribution in [0.4, 0.5) is 0 Å². The molecular weight excluding hydrogens is 252 g/mol. The molecule has 3 atom stereocenters. The van der Waals surface area contributed by atoms with Crippen molar-refractivity contribution in [2.75, 3.05) is 0 Å². The van der Waals surface area contributed by atoms with Crippen LogP contribution in [0.3, 0.4) is 0 Å². The molecule has 2 aliphatic rings. The highest BCUT2D eigenvalue weighted by molar-refractivity contribution is 5.97. The second kappa shape index (κ2) is 5.74. The van der Waals surface area contributed by atoms with E-state index in [1.54, 1.807) is 0 Å². The molecule has 0 aromatic heterocycles. The van der Waals surface area contributed by atoms with E-state index in [9.17, 15) is 9.59 Å². The standard InChI is InChI=1S/C16H28N2O2/c1-5-8-12-15(20)18(11(2)14(19)17-12)13-9-6-7-10-16(13,3)4/h11-13H,5-10H2,1-4H3,(H,17,19). The summed E-state index contributed by atoms with van der Waals surface area (Å²) in [6.07, 6.45) is 6.19. The number of hydrogen-bond donors (Lipinski definition) is 1. The molecule has 3 unspecified atom stereocenters. The predicted octanol–water partition coefficient (Wildman–Crippen LogP) is 2.47. The Kier molecular flexibility index (Phi) is 4.40. The van der Waals surface area contributed by atoms with E-state index in [2.05, 4.69) is 19.2 Å². The van der Waals surface area contributed by atoms with Crippen LogP contribution >= 0.6 is 0 Å². The van der Waals surface area contributed by atoms with Crippen molar-refractivity contribution in [1.29, 1.82) is 0 Å². The molecule has 20 heavy (non-hydrogen) atoms. The lowest BCUT2D eigenvalue weighted by molar-refractivity contribution is -0.156. The van der Waals surface area contributed by atoms with Gasteiger partial charge in [0, 0.05) is 6.04 Å². The highest BCUT2D eigenvalue weighted by Gasteiger charge is 2.46. The number of carbonyl (C=O) groups is 2. The normalized spacial score (nSPS) is 34.0. The summed E-state index contributed by atoms with van der Waals surface area (Å²) < 4.78 is 0. The second-order valence-corrected chi connectivity index (χ2v) is 7.02. The van der Waals surface area contributed by atoms with Crippen LogP contribution in [-0.2, 0) is 9.59 Å². The Balaban J connectivity index is 2.26. The molecule has 1 saturated heterocycles. The zero-order valence-electron chi connectivity index (χ0n) is 13.2. The maximum atomic E-state index is 12.8. The fraction of sp³-hybridized carbons (Fsp3) is 0.875. The molecule has 1 aliphatic heterocycles. The molecule has 0 aromatic rings. The van der Waals surface area contributed by atoms with Crippen molar-refractivity contribution in [2.24, 2.45) is 5.41 Å². The van der Waals surface area contributed by atoms with E-state index >= 15 is 0 Å². The van der Waals surface area contributed by atoms with E-state index in [0.29, 0.717) is 0 Å². The van der Waals surface area contributed by atoms with E-state index in [1.165, 1.54) is 6.42 Å². The van der Waals surface area contributed by atoms with Gasteiger partial charge in [-0.05, 0) is 31.6 Å². The van der Waals surface area contributed by atoms with Gasteiger partial charge in [0.05, 0.1) is 0 Å². The van der Waals surface area contributed by atoms with Gasteiger partial charge in [0.1, 0.15) is 12.1 Å². The van der Waals surface area contributed by atoms with Gasteiger partial charge < -0.3 is 10.2 Å². The maximum Gasteiger partial charge on any atom is 0.246 e. The Labute approximate surface area is 122 Å². The van der Waals surface area contributed by atoms with Crippen molar-refractivity contribution in [3.05, 3.63) is 0 Å². The lowest BCUT2D eigenvalue weighted by Gasteiger charge is -2.50. The molecule has 2 amide bonds. The average Bonchev–Trinajstić information content (AvgIpc) is 2.38. The first-order chi connectivity index (χ1) is 9.38. The van der Waals surface area contributed by atoms with E-state index in [1.807, 2.05) is 18.7 Å². The molecule has 2 fully saturated rings. The van der Waals surface area contributed by atoms with Crippen LogP contribution in [0.5, 0.6) is 0 Å². The van der Waals surface area contributed by atoms with Crippen molar-refractivity contribution >= 4 is 11.8 Å². The smallest absolute Gasteiger partial charge is 0.246 e. The largest absolute Gasteiger partial charge is 0.343 e. The molecule has 0 bridgehead atoms. The van der Waals surface area contributed by atoms with Crippen LogP contribution in [-0.4, -0.2) is 34.8 Å². The van der Waals surface area contributed by atoms with Gasteiger partial charge in [-0.15, -0.1) is 0 Å². The fourth-order valence-corrected chi connectivity index (χ4v) is 3.75. The Hall–Kier alpha value is -1.06. The molecule has 0 spiro atoms. The molecule has 4 nitrogen and oxygen atoms in total. The molecule has 114 valence electrons. The van der Waals surface area contributed by atoms with Gasteiger partial charge in [0.15, 0.2) is 0 Å². The molecule has 1 N–H and O–H groups in total. The summed E-state index contributed by atoms with van der Waals surface area (Å²) in [6, 6.07) is -0.455. The summed E-state index contributed by atoms with van der Waals surface area (Å²) in [6.45, 7) is 8.38. The first-order valence-electron chi connectivity index (χ1n) is 8.01. The number of nitrogens with zero attached hydrogens (tertiary/aromatic N) is 1. The highest BCUT2D eigenvalue weighted by Crippen LogP contribution is 2.40. The molecule has 1 heterocycles. The molecular formula is C16H28N2O2. The van der Waals surface area contributed by atoms with Crippen molar-refractivity contribution in [2.45, 2.75) is 84.3 Å². The maximum absolute atomic E-state index is 12.8. The Morgan fingerprint density at radius 1 is 1.30 bits per heavy atom. The van der Waals surface area contributed by atoms with Gasteiger partial charge in [-0.3, -0.25) is 9.59 Å². The number of nitrogens with one attached hydrogen (secondary N) is 1. The summed E-state index contributed by atoms with van der Waals surface area (Å²) in [5.74, 6) is 0.128. The zero-order valence-corrected chi connectivity index (χ0v) is 13.2. The fourth-order valence-electron chi connectivity index (χ4n) is 3.75. The number of carbonyl (C=O) groups excluding carboxylic acids is 2. The molecule has 0 radical (unpaired) electrons. The van der Waals surface area contributed by atoms with Crippen molar-refractivity contribution in [1.82, 2.24) is 10.2 Å². The minimum Gasteiger partial charge on any atom is -0.343 e. The van der Waals surface area contributed by atoms with Crippen molar-refractivity contribution < 1.29 is 9.59 Å². The summed E-state index contributed by atoms with van der Waals surface area (Å²) in [5.41, 5.74) is 0.108. The van der Waals surface area contributed by atoms with Gasteiger partial charge in [0.25, 0.3) is 0 Å². The summed E-state index contributed by atoms with van der Waals surface area (Å²) in [4.78, 5) is 26.9. The lowest BCUT2D eigenvalue weighted by Crippen LogP contribution is -2.67. The van der Waals surface area contributed by atoms with Crippen LogP contribution in [0.1, 0.15) is 66.2 Å².